The molecule has 2 aromatic heterocycles. The molecule has 0 aliphatic heterocycles. The minimum atomic E-state index is -0.426. The number of hydrogen-bond donors (Lipinski definition) is 0. The summed E-state index contributed by atoms with van der Waals surface area (Å²) in [4.78, 5) is 14.8. The lowest BCUT2D eigenvalue weighted by atomic mass is 10.2. The van der Waals surface area contributed by atoms with Crippen LogP contribution in [0.5, 0.6) is 0 Å². The lowest BCUT2D eigenvalue weighted by molar-refractivity contribution is -0.384. The number of benzene rings is 1. The number of fused-ring (bicyclic) bond motifs is 1. The molecule has 0 saturated carbocycles. The average molecular weight is 254 g/mol. The molecule has 94 valence electrons. The third-order valence-corrected chi connectivity index (χ3v) is 2.87. The summed E-state index contributed by atoms with van der Waals surface area (Å²) >= 11 is 0. The first-order chi connectivity index (χ1) is 9.15. The molecule has 0 saturated heterocycles. The van der Waals surface area contributed by atoms with Crippen LogP contribution < -0.4 is 0 Å². The van der Waals surface area contributed by atoms with E-state index in [1.54, 1.807) is 22.8 Å². The summed E-state index contributed by atoms with van der Waals surface area (Å²) in [6, 6.07) is 10.1. The van der Waals surface area contributed by atoms with Gasteiger partial charge in [0.1, 0.15) is 0 Å². The Kier molecular flexibility index (Phi) is 2.49. The van der Waals surface area contributed by atoms with Crippen molar-refractivity contribution >= 4 is 11.3 Å². The third-order valence-electron chi connectivity index (χ3n) is 2.87. The summed E-state index contributed by atoms with van der Waals surface area (Å²) in [5.74, 6) is 0.484. The molecule has 0 aliphatic rings. The van der Waals surface area contributed by atoms with E-state index in [1.807, 2.05) is 19.1 Å². The van der Waals surface area contributed by atoms with E-state index in [4.69, 9.17) is 0 Å². The van der Waals surface area contributed by atoms with Crippen LogP contribution >= 0.6 is 0 Å². The van der Waals surface area contributed by atoms with E-state index >= 15 is 0 Å². The van der Waals surface area contributed by atoms with Gasteiger partial charge in [-0.15, -0.1) is 5.10 Å². The molecule has 0 amide bonds. The molecule has 0 bridgehead atoms. The second-order valence-corrected chi connectivity index (χ2v) is 4.20. The van der Waals surface area contributed by atoms with Crippen LogP contribution in [-0.2, 0) is 0 Å². The van der Waals surface area contributed by atoms with Crippen molar-refractivity contribution in [2.45, 2.75) is 6.92 Å². The Balaban J connectivity index is 2.16. The highest BCUT2D eigenvalue weighted by molar-refractivity contribution is 5.62. The maximum atomic E-state index is 10.8. The Morgan fingerprint density at radius 2 is 2.11 bits per heavy atom. The summed E-state index contributed by atoms with van der Waals surface area (Å²) in [6.45, 7) is 1.95. The van der Waals surface area contributed by atoms with Gasteiger partial charge in [-0.05, 0) is 18.6 Å². The van der Waals surface area contributed by atoms with Crippen LogP contribution in [0.3, 0.4) is 0 Å². The monoisotopic (exact) mass is 254 g/mol. The van der Waals surface area contributed by atoms with Gasteiger partial charge in [-0.3, -0.25) is 10.1 Å². The second-order valence-electron chi connectivity index (χ2n) is 4.20. The van der Waals surface area contributed by atoms with Gasteiger partial charge < -0.3 is 0 Å². The van der Waals surface area contributed by atoms with Crippen LogP contribution in [0, 0.1) is 17.0 Å². The second kappa shape index (κ2) is 4.16. The largest absolute Gasteiger partial charge is 0.270 e. The standard InChI is InChI=1S/C13H10N4O2/c1-9-4-3-7-16-13(9)14-12(15-16)10-5-2-6-11(8-10)17(18)19/h2-8H,1H3. The van der Waals surface area contributed by atoms with E-state index in [0.717, 1.165) is 11.2 Å². The van der Waals surface area contributed by atoms with Crippen molar-refractivity contribution in [3.8, 4) is 11.4 Å². The number of nitrogens with zero attached hydrogens (tertiary/aromatic N) is 4. The molecule has 1 aromatic carbocycles. The molecule has 3 aromatic rings. The van der Waals surface area contributed by atoms with Gasteiger partial charge in [-0.25, -0.2) is 9.50 Å². The Hall–Kier alpha value is -2.76. The Bertz CT molecular complexity index is 779. The molecule has 19 heavy (non-hydrogen) atoms. The number of aryl methyl sites for hydroxylation is 1. The fourth-order valence-electron chi connectivity index (χ4n) is 1.92. The topological polar surface area (TPSA) is 73.3 Å². The highest BCUT2D eigenvalue weighted by atomic mass is 16.6. The Morgan fingerprint density at radius 3 is 2.84 bits per heavy atom. The molecule has 0 N–H and O–H groups in total. The normalized spacial score (nSPS) is 10.8. The van der Waals surface area contributed by atoms with Crippen molar-refractivity contribution in [1.82, 2.24) is 14.6 Å². The fraction of sp³-hybridized carbons (Fsp3) is 0.0769. The summed E-state index contributed by atoms with van der Waals surface area (Å²) < 4.78 is 1.67. The first-order valence-corrected chi connectivity index (χ1v) is 5.72. The van der Waals surface area contributed by atoms with Crippen LogP contribution in [0.15, 0.2) is 42.6 Å². The van der Waals surface area contributed by atoms with E-state index in [2.05, 4.69) is 10.1 Å². The van der Waals surface area contributed by atoms with E-state index in [1.165, 1.54) is 12.1 Å². The highest BCUT2D eigenvalue weighted by Crippen LogP contribution is 2.22. The Labute approximate surface area is 108 Å². The number of nitro benzene ring substituents is 1. The molecule has 6 nitrogen and oxygen atoms in total. The zero-order chi connectivity index (χ0) is 13.4. The summed E-state index contributed by atoms with van der Waals surface area (Å²) in [7, 11) is 0. The van der Waals surface area contributed by atoms with Crippen molar-refractivity contribution < 1.29 is 4.92 Å². The van der Waals surface area contributed by atoms with Gasteiger partial charge in [0.25, 0.3) is 5.69 Å². The lowest BCUT2D eigenvalue weighted by Crippen LogP contribution is -1.89. The Morgan fingerprint density at radius 1 is 1.26 bits per heavy atom. The zero-order valence-electron chi connectivity index (χ0n) is 10.1. The molecular weight excluding hydrogens is 244 g/mol. The number of rotatable bonds is 2. The van der Waals surface area contributed by atoms with Gasteiger partial charge in [0.05, 0.1) is 4.92 Å². The van der Waals surface area contributed by atoms with Gasteiger partial charge in [-0.2, -0.15) is 0 Å². The molecular formula is C13H10N4O2. The van der Waals surface area contributed by atoms with Crippen LogP contribution in [-0.4, -0.2) is 19.5 Å². The fourth-order valence-corrected chi connectivity index (χ4v) is 1.92. The van der Waals surface area contributed by atoms with Gasteiger partial charge in [0.15, 0.2) is 11.5 Å². The first kappa shape index (κ1) is 11.3. The molecule has 0 unspecified atom stereocenters. The average Bonchev–Trinajstić information content (AvgIpc) is 2.84. The molecule has 6 heteroatoms. The molecule has 2 heterocycles. The van der Waals surface area contributed by atoms with E-state index in [-0.39, 0.29) is 5.69 Å². The van der Waals surface area contributed by atoms with Crippen molar-refractivity contribution in [2.75, 3.05) is 0 Å². The SMILES string of the molecule is Cc1cccn2nc(-c3cccc([N+](=O)[O-])c3)nc12. The molecule has 0 aliphatic carbocycles. The zero-order valence-corrected chi connectivity index (χ0v) is 10.1. The van der Waals surface area contributed by atoms with Crippen molar-refractivity contribution in [3.05, 3.63) is 58.3 Å². The molecule has 0 spiro atoms. The predicted molar refractivity (Wildman–Crippen MR) is 69.8 cm³/mol. The maximum absolute atomic E-state index is 10.8. The number of pyridine rings is 1. The minimum absolute atomic E-state index is 0.0353. The number of non-ortho nitro benzene ring substituents is 1. The van der Waals surface area contributed by atoms with Crippen LogP contribution in [0.1, 0.15) is 5.56 Å². The van der Waals surface area contributed by atoms with E-state index in [0.29, 0.717) is 11.4 Å². The predicted octanol–water partition coefficient (Wildman–Crippen LogP) is 2.61. The minimum Gasteiger partial charge on any atom is -0.258 e. The maximum Gasteiger partial charge on any atom is 0.270 e. The molecule has 0 radical (unpaired) electrons. The van der Waals surface area contributed by atoms with Gasteiger partial charge in [0, 0.05) is 23.9 Å². The van der Waals surface area contributed by atoms with Crippen LogP contribution in [0.25, 0.3) is 17.0 Å². The summed E-state index contributed by atoms with van der Waals surface area (Å²) in [5.41, 5.74) is 2.43. The van der Waals surface area contributed by atoms with Crippen molar-refractivity contribution in [1.29, 1.82) is 0 Å². The van der Waals surface area contributed by atoms with Crippen LogP contribution in [0.4, 0.5) is 5.69 Å². The van der Waals surface area contributed by atoms with E-state index in [9.17, 15) is 10.1 Å². The quantitative estimate of drug-likeness (QED) is 0.520. The van der Waals surface area contributed by atoms with Gasteiger partial charge in [0.2, 0.25) is 0 Å². The highest BCUT2D eigenvalue weighted by Gasteiger charge is 2.11. The number of nitro groups is 1. The van der Waals surface area contributed by atoms with Gasteiger partial charge in [-0.1, -0.05) is 18.2 Å². The molecule has 0 atom stereocenters. The molecule has 0 fully saturated rings. The molecule has 3 rings (SSSR count). The van der Waals surface area contributed by atoms with Gasteiger partial charge >= 0.3 is 0 Å². The van der Waals surface area contributed by atoms with Crippen molar-refractivity contribution in [2.24, 2.45) is 0 Å². The lowest BCUT2D eigenvalue weighted by Gasteiger charge is -1.94. The van der Waals surface area contributed by atoms with Crippen molar-refractivity contribution in [3.63, 3.8) is 0 Å². The number of aromatic nitrogens is 3. The summed E-state index contributed by atoms with van der Waals surface area (Å²) in [6.07, 6.45) is 1.80. The number of hydrogen-bond acceptors (Lipinski definition) is 4. The summed E-state index contributed by atoms with van der Waals surface area (Å²) in [5, 5.41) is 15.1. The first-order valence-electron chi connectivity index (χ1n) is 5.72. The van der Waals surface area contributed by atoms with E-state index < -0.39 is 4.92 Å². The van der Waals surface area contributed by atoms with Crippen LogP contribution in [0.2, 0.25) is 0 Å². The smallest absolute Gasteiger partial charge is 0.258 e. The third kappa shape index (κ3) is 1.93.